The molecule has 31 heavy (non-hydrogen) atoms. The molecule has 0 radical (unpaired) electrons. The van der Waals surface area contributed by atoms with Crippen molar-refractivity contribution < 1.29 is 18.4 Å². The van der Waals surface area contributed by atoms with E-state index >= 15 is 0 Å². The highest BCUT2D eigenvalue weighted by Crippen LogP contribution is 2.29. The van der Waals surface area contributed by atoms with Gasteiger partial charge in [-0.15, -0.1) is 11.3 Å². The fraction of sp³-hybridized carbons (Fsp3) is 0.217. The monoisotopic (exact) mass is 462 g/mol. The first-order chi connectivity index (χ1) is 14.6. The Morgan fingerprint density at radius 3 is 2.45 bits per heavy atom. The van der Waals surface area contributed by atoms with Crippen LogP contribution < -0.4 is 10.6 Å². The zero-order valence-corrected chi connectivity index (χ0v) is 18.8. The van der Waals surface area contributed by atoms with Crippen LogP contribution in [-0.2, 0) is 5.41 Å². The van der Waals surface area contributed by atoms with Gasteiger partial charge in [-0.25, -0.2) is 8.78 Å². The lowest BCUT2D eigenvalue weighted by Gasteiger charge is -2.26. The topological polar surface area (TPSA) is 58.2 Å². The first kappa shape index (κ1) is 22.9. The van der Waals surface area contributed by atoms with Gasteiger partial charge in [0.1, 0.15) is 11.6 Å². The molecule has 0 aliphatic carbocycles. The number of amides is 2. The van der Waals surface area contributed by atoms with Gasteiger partial charge in [-0.2, -0.15) is 0 Å². The summed E-state index contributed by atoms with van der Waals surface area (Å²) in [5.74, 6) is -1.67. The number of nitrogens with one attached hydrogen (secondary N) is 2. The number of rotatable bonds is 6. The lowest BCUT2D eigenvalue weighted by Crippen LogP contribution is -2.37. The van der Waals surface area contributed by atoms with Gasteiger partial charge in [0.05, 0.1) is 20.5 Å². The zero-order valence-electron chi connectivity index (χ0n) is 17.2. The highest BCUT2D eigenvalue weighted by atomic mass is 35.5. The van der Waals surface area contributed by atoms with Crippen LogP contribution >= 0.6 is 22.9 Å². The van der Waals surface area contributed by atoms with Crippen molar-refractivity contribution in [1.29, 1.82) is 0 Å². The summed E-state index contributed by atoms with van der Waals surface area (Å²) in [5, 5.41) is 5.99. The molecule has 4 nitrogen and oxygen atoms in total. The van der Waals surface area contributed by atoms with Crippen LogP contribution in [0.5, 0.6) is 0 Å². The number of carbonyl (C=O) groups is 2. The molecule has 1 aromatic heterocycles. The SMILES string of the molecule is Cc1cc(NC(=O)c2ccc(F)cc2Cl)sc1C(=O)NCC(C)(C)c1ccccc1F. The molecule has 3 rings (SSSR count). The minimum Gasteiger partial charge on any atom is -0.350 e. The molecule has 0 unspecified atom stereocenters. The minimum absolute atomic E-state index is 0.000815. The van der Waals surface area contributed by atoms with E-state index in [9.17, 15) is 18.4 Å². The van der Waals surface area contributed by atoms with Crippen LogP contribution in [0.25, 0.3) is 0 Å². The van der Waals surface area contributed by atoms with Gasteiger partial charge >= 0.3 is 0 Å². The number of aryl methyl sites for hydroxylation is 1. The van der Waals surface area contributed by atoms with E-state index in [0.717, 1.165) is 23.5 Å². The number of carbonyl (C=O) groups excluding carboxylic acids is 2. The molecule has 0 saturated carbocycles. The van der Waals surface area contributed by atoms with Crippen molar-refractivity contribution >= 4 is 39.8 Å². The van der Waals surface area contributed by atoms with Gasteiger partial charge in [-0.3, -0.25) is 9.59 Å². The predicted molar refractivity (Wildman–Crippen MR) is 120 cm³/mol. The first-order valence-electron chi connectivity index (χ1n) is 9.48. The average Bonchev–Trinajstić information content (AvgIpc) is 3.06. The summed E-state index contributed by atoms with van der Waals surface area (Å²) < 4.78 is 27.3. The molecule has 3 aromatic rings. The van der Waals surface area contributed by atoms with Crippen molar-refractivity contribution in [3.8, 4) is 0 Å². The maximum atomic E-state index is 14.1. The standard InChI is InChI=1S/C23H21ClF2N2O2S/c1-13-10-19(28-21(29)15-9-8-14(25)11-17(15)24)31-20(13)22(30)27-12-23(2,3)16-6-4-5-7-18(16)26/h4-11H,12H2,1-3H3,(H,27,30)(H,28,29). The van der Waals surface area contributed by atoms with Gasteiger partial charge < -0.3 is 10.6 Å². The van der Waals surface area contributed by atoms with E-state index in [1.54, 1.807) is 31.2 Å². The second kappa shape index (κ2) is 9.16. The lowest BCUT2D eigenvalue weighted by molar-refractivity contribution is 0.0948. The molecule has 0 atom stereocenters. The van der Waals surface area contributed by atoms with Crippen LogP contribution in [0.15, 0.2) is 48.5 Å². The van der Waals surface area contributed by atoms with E-state index in [1.807, 2.05) is 13.8 Å². The Balaban J connectivity index is 1.69. The van der Waals surface area contributed by atoms with E-state index in [0.29, 0.717) is 21.0 Å². The van der Waals surface area contributed by atoms with Gasteiger partial charge in [-0.05, 0) is 48.4 Å². The Labute approximate surface area is 188 Å². The van der Waals surface area contributed by atoms with Gasteiger partial charge in [0.2, 0.25) is 0 Å². The molecular formula is C23H21ClF2N2O2S. The van der Waals surface area contributed by atoms with E-state index in [4.69, 9.17) is 11.6 Å². The molecule has 162 valence electrons. The van der Waals surface area contributed by atoms with Gasteiger partial charge in [0, 0.05) is 12.0 Å². The van der Waals surface area contributed by atoms with Gasteiger partial charge in [0.15, 0.2) is 0 Å². The normalized spacial score (nSPS) is 11.3. The third-order valence-corrected chi connectivity index (χ3v) is 6.29. The summed E-state index contributed by atoms with van der Waals surface area (Å²) in [6.45, 7) is 5.70. The van der Waals surface area contributed by atoms with E-state index < -0.39 is 17.1 Å². The molecule has 0 aliphatic heterocycles. The van der Waals surface area contributed by atoms with Crippen LogP contribution in [0.3, 0.4) is 0 Å². The molecule has 0 saturated heterocycles. The molecular weight excluding hydrogens is 442 g/mol. The molecule has 0 bridgehead atoms. The summed E-state index contributed by atoms with van der Waals surface area (Å²) in [6, 6.07) is 11.7. The zero-order chi connectivity index (χ0) is 22.8. The Morgan fingerprint density at radius 1 is 1.06 bits per heavy atom. The fourth-order valence-corrected chi connectivity index (χ4v) is 4.35. The van der Waals surface area contributed by atoms with Crippen molar-refractivity contribution in [3.63, 3.8) is 0 Å². The Hall–Kier alpha value is -2.77. The van der Waals surface area contributed by atoms with Gasteiger partial charge in [0.25, 0.3) is 11.8 Å². The fourth-order valence-electron chi connectivity index (χ4n) is 3.11. The van der Waals surface area contributed by atoms with E-state index in [1.165, 1.54) is 12.1 Å². The van der Waals surface area contributed by atoms with Gasteiger partial charge in [-0.1, -0.05) is 43.6 Å². The lowest BCUT2D eigenvalue weighted by atomic mass is 9.84. The summed E-state index contributed by atoms with van der Waals surface area (Å²) >= 11 is 7.05. The summed E-state index contributed by atoms with van der Waals surface area (Å²) in [4.78, 5) is 25.6. The summed E-state index contributed by atoms with van der Waals surface area (Å²) in [5.41, 5.74) is 0.725. The Kier molecular flexibility index (Phi) is 6.77. The molecule has 2 N–H and O–H groups in total. The number of thiophene rings is 1. The maximum absolute atomic E-state index is 14.1. The Morgan fingerprint density at radius 2 is 1.77 bits per heavy atom. The van der Waals surface area contributed by atoms with Crippen LogP contribution in [0, 0.1) is 18.6 Å². The first-order valence-corrected chi connectivity index (χ1v) is 10.7. The number of hydrogen-bond acceptors (Lipinski definition) is 3. The maximum Gasteiger partial charge on any atom is 0.261 e. The van der Waals surface area contributed by atoms with Crippen molar-refractivity contribution in [1.82, 2.24) is 5.32 Å². The number of hydrogen-bond donors (Lipinski definition) is 2. The van der Waals surface area contributed by atoms with Crippen molar-refractivity contribution in [2.24, 2.45) is 0 Å². The quantitative estimate of drug-likeness (QED) is 0.475. The molecule has 2 amide bonds. The number of anilines is 1. The second-order valence-electron chi connectivity index (χ2n) is 7.75. The summed E-state index contributed by atoms with van der Waals surface area (Å²) in [6.07, 6.45) is 0. The number of halogens is 3. The van der Waals surface area contributed by atoms with Crippen molar-refractivity contribution in [3.05, 3.63) is 86.8 Å². The smallest absolute Gasteiger partial charge is 0.261 e. The predicted octanol–water partition coefficient (Wildman–Crippen LogP) is 5.95. The molecule has 0 aliphatic rings. The van der Waals surface area contributed by atoms with Crippen molar-refractivity contribution in [2.45, 2.75) is 26.2 Å². The van der Waals surface area contributed by atoms with E-state index in [2.05, 4.69) is 10.6 Å². The molecule has 8 heteroatoms. The average molecular weight is 463 g/mol. The summed E-state index contributed by atoms with van der Waals surface area (Å²) in [7, 11) is 0. The van der Waals surface area contributed by atoms with Crippen LogP contribution in [0.1, 0.15) is 45.0 Å². The molecule has 2 aromatic carbocycles. The van der Waals surface area contributed by atoms with Crippen LogP contribution in [-0.4, -0.2) is 18.4 Å². The Bertz CT molecular complexity index is 1140. The largest absolute Gasteiger partial charge is 0.350 e. The van der Waals surface area contributed by atoms with Crippen molar-refractivity contribution in [2.75, 3.05) is 11.9 Å². The minimum atomic E-state index is -0.609. The third-order valence-electron chi connectivity index (χ3n) is 4.83. The molecule has 0 spiro atoms. The second-order valence-corrected chi connectivity index (χ2v) is 9.21. The number of benzene rings is 2. The molecule has 0 fully saturated rings. The molecule has 1 heterocycles. The third kappa shape index (κ3) is 5.29. The van der Waals surface area contributed by atoms with Crippen LogP contribution in [0.2, 0.25) is 5.02 Å². The highest BCUT2D eigenvalue weighted by Gasteiger charge is 2.25. The van der Waals surface area contributed by atoms with Crippen LogP contribution in [0.4, 0.5) is 13.8 Å². The highest BCUT2D eigenvalue weighted by molar-refractivity contribution is 7.18. The van der Waals surface area contributed by atoms with E-state index in [-0.39, 0.29) is 28.9 Å².